The Morgan fingerprint density at radius 2 is 1.83 bits per heavy atom. The number of fused-ring (bicyclic) bond motifs is 3. The lowest BCUT2D eigenvalue weighted by Crippen LogP contribution is -2.44. The van der Waals surface area contributed by atoms with Gasteiger partial charge in [0.15, 0.2) is 6.04 Å². The molecule has 0 spiro atoms. The first-order chi connectivity index (χ1) is 13.7. The highest BCUT2D eigenvalue weighted by Gasteiger charge is 2.49. The molecule has 2 heterocycles. The number of benzene rings is 2. The maximum atomic E-state index is 14.1. The van der Waals surface area contributed by atoms with Crippen LogP contribution in [0.15, 0.2) is 42.5 Å². The molecule has 1 aliphatic heterocycles. The van der Waals surface area contributed by atoms with Gasteiger partial charge < -0.3 is 15.2 Å². The second kappa shape index (κ2) is 7.46. The van der Waals surface area contributed by atoms with Crippen molar-refractivity contribution in [2.24, 2.45) is 0 Å². The summed E-state index contributed by atoms with van der Waals surface area (Å²) >= 11 is 11.8. The first-order valence-electron chi connectivity index (χ1n) is 8.94. The molecule has 0 aliphatic carbocycles. The number of hydrogen-bond donors (Lipinski definition) is 2. The SMILES string of the molecule is O=C(Nc1cc(Cl)cc(Cl)c1)N1CCCc2c([nH]c3ccccc23)C1C(F)(F)F. The fourth-order valence-corrected chi connectivity index (χ4v) is 4.34. The number of carbonyl (C=O) groups is 1. The summed E-state index contributed by atoms with van der Waals surface area (Å²) < 4.78 is 42.4. The number of H-pyrrole nitrogens is 1. The van der Waals surface area contributed by atoms with Crippen molar-refractivity contribution in [3.05, 3.63) is 63.8 Å². The fraction of sp³-hybridized carbons (Fsp3) is 0.250. The molecule has 2 N–H and O–H groups in total. The van der Waals surface area contributed by atoms with Crippen molar-refractivity contribution in [3.8, 4) is 0 Å². The quantitative estimate of drug-likeness (QED) is 0.441. The van der Waals surface area contributed by atoms with E-state index in [1.165, 1.54) is 18.2 Å². The summed E-state index contributed by atoms with van der Waals surface area (Å²) in [5, 5.41) is 3.79. The number of amides is 2. The van der Waals surface area contributed by atoms with Gasteiger partial charge in [-0.2, -0.15) is 13.2 Å². The number of urea groups is 1. The van der Waals surface area contributed by atoms with Gasteiger partial charge in [0.05, 0.1) is 5.69 Å². The van der Waals surface area contributed by atoms with Gasteiger partial charge in [0.25, 0.3) is 0 Å². The van der Waals surface area contributed by atoms with E-state index in [4.69, 9.17) is 23.2 Å². The molecule has 29 heavy (non-hydrogen) atoms. The summed E-state index contributed by atoms with van der Waals surface area (Å²) in [5.41, 5.74) is 1.46. The van der Waals surface area contributed by atoms with Crippen LogP contribution in [-0.4, -0.2) is 28.6 Å². The summed E-state index contributed by atoms with van der Waals surface area (Å²) in [6.07, 6.45) is -3.80. The van der Waals surface area contributed by atoms with E-state index in [1.807, 2.05) is 0 Å². The number of aromatic nitrogens is 1. The van der Waals surface area contributed by atoms with Gasteiger partial charge in [-0.15, -0.1) is 0 Å². The van der Waals surface area contributed by atoms with E-state index in [0.717, 1.165) is 10.3 Å². The molecule has 3 aromatic rings. The van der Waals surface area contributed by atoms with Crippen molar-refractivity contribution in [2.45, 2.75) is 25.1 Å². The Morgan fingerprint density at radius 3 is 2.52 bits per heavy atom. The first kappa shape index (κ1) is 19.9. The van der Waals surface area contributed by atoms with Crippen LogP contribution in [0.5, 0.6) is 0 Å². The monoisotopic (exact) mass is 441 g/mol. The molecule has 1 aliphatic rings. The van der Waals surface area contributed by atoms with Gasteiger partial charge in [-0.3, -0.25) is 0 Å². The van der Waals surface area contributed by atoms with Crippen LogP contribution in [0.3, 0.4) is 0 Å². The third kappa shape index (κ3) is 3.89. The predicted molar refractivity (Wildman–Crippen MR) is 108 cm³/mol. The van der Waals surface area contributed by atoms with Gasteiger partial charge in [-0.25, -0.2) is 4.79 Å². The number of aromatic amines is 1. The van der Waals surface area contributed by atoms with Crippen LogP contribution in [0.25, 0.3) is 10.9 Å². The Morgan fingerprint density at radius 1 is 1.14 bits per heavy atom. The topological polar surface area (TPSA) is 48.1 Å². The maximum absolute atomic E-state index is 14.1. The van der Waals surface area contributed by atoms with Crippen LogP contribution in [0.1, 0.15) is 23.7 Å². The largest absolute Gasteiger partial charge is 0.414 e. The molecule has 0 radical (unpaired) electrons. The molecular formula is C20H16Cl2F3N3O. The minimum Gasteiger partial charge on any atom is -0.356 e. The Labute approximate surface area is 174 Å². The van der Waals surface area contributed by atoms with Gasteiger partial charge in [-0.1, -0.05) is 41.4 Å². The number of alkyl halides is 3. The molecule has 0 saturated carbocycles. The van der Waals surface area contributed by atoms with Crippen molar-refractivity contribution >= 4 is 45.8 Å². The molecule has 4 rings (SSSR count). The zero-order valence-electron chi connectivity index (χ0n) is 15.0. The highest BCUT2D eigenvalue weighted by Crippen LogP contribution is 2.43. The van der Waals surface area contributed by atoms with Crippen molar-refractivity contribution in [3.63, 3.8) is 0 Å². The van der Waals surface area contributed by atoms with Gasteiger partial charge in [-0.05, 0) is 42.7 Å². The lowest BCUT2D eigenvalue weighted by Gasteiger charge is -2.31. The van der Waals surface area contributed by atoms with Gasteiger partial charge in [0, 0.05) is 33.2 Å². The zero-order chi connectivity index (χ0) is 20.8. The Balaban J connectivity index is 1.74. The number of hydrogen-bond acceptors (Lipinski definition) is 1. The number of nitrogens with one attached hydrogen (secondary N) is 2. The number of para-hydroxylation sites is 1. The molecule has 0 bridgehead atoms. The van der Waals surface area contributed by atoms with E-state index in [2.05, 4.69) is 10.3 Å². The second-order valence-corrected chi connectivity index (χ2v) is 7.77. The number of rotatable bonds is 1. The lowest BCUT2D eigenvalue weighted by atomic mass is 10.0. The van der Waals surface area contributed by atoms with E-state index >= 15 is 0 Å². The summed E-state index contributed by atoms with van der Waals surface area (Å²) in [7, 11) is 0. The average Bonchev–Trinajstić information content (AvgIpc) is 2.85. The molecule has 2 aromatic carbocycles. The van der Waals surface area contributed by atoms with Crippen LogP contribution in [0, 0.1) is 0 Å². The van der Waals surface area contributed by atoms with E-state index < -0.39 is 18.2 Å². The van der Waals surface area contributed by atoms with Crippen molar-refractivity contribution in [1.29, 1.82) is 0 Å². The summed E-state index contributed by atoms with van der Waals surface area (Å²) in [4.78, 5) is 16.6. The van der Waals surface area contributed by atoms with Gasteiger partial charge >= 0.3 is 12.2 Å². The van der Waals surface area contributed by atoms with Crippen LogP contribution >= 0.6 is 23.2 Å². The Bertz CT molecular complexity index is 1060. The normalized spacial score (nSPS) is 17.1. The van der Waals surface area contributed by atoms with Crippen molar-refractivity contribution in [1.82, 2.24) is 9.88 Å². The summed E-state index contributed by atoms with van der Waals surface area (Å²) in [6, 6.07) is 8.46. The minimum atomic E-state index is -4.65. The van der Waals surface area contributed by atoms with Gasteiger partial charge in [0.1, 0.15) is 0 Å². The van der Waals surface area contributed by atoms with Crippen molar-refractivity contribution in [2.75, 3.05) is 11.9 Å². The molecule has 152 valence electrons. The number of halogens is 5. The van der Waals surface area contributed by atoms with Crippen LogP contribution < -0.4 is 5.32 Å². The van der Waals surface area contributed by atoms with E-state index in [-0.39, 0.29) is 28.0 Å². The molecule has 9 heteroatoms. The average molecular weight is 442 g/mol. The lowest BCUT2D eigenvalue weighted by molar-refractivity contribution is -0.178. The first-order valence-corrected chi connectivity index (χ1v) is 9.69. The predicted octanol–water partition coefficient (Wildman–Crippen LogP) is 6.56. The van der Waals surface area contributed by atoms with Crippen LogP contribution in [0.2, 0.25) is 10.0 Å². The Hall–Kier alpha value is -2.38. The number of carbonyl (C=O) groups excluding carboxylic acids is 1. The highest BCUT2D eigenvalue weighted by atomic mass is 35.5. The molecule has 1 aromatic heterocycles. The third-order valence-corrected chi connectivity index (χ3v) is 5.38. The van der Waals surface area contributed by atoms with Crippen LogP contribution in [0.4, 0.5) is 23.7 Å². The molecule has 1 unspecified atom stereocenters. The smallest absolute Gasteiger partial charge is 0.356 e. The zero-order valence-corrected chi connectivity index (χ0v) is 16.5. The minimum absolute atomic E-state index is 0.00970. The fourth-order valence-electron chi connectivity index (χ4n) is 3.82. The van der Waals surface area contributed by atoms with E-state index in [0.29, 0.717) is 23.9 Å². The van der Waals surface area contributed by atoms with Crippen molar-refractivity contribution < 1.29 is 18.0 Å². The second-order valence-electron chi connectivity index (χ2n) is 6.89. The third-order valence-electron chi connectivity index (χ3n) is 4.94. The summed E-state index contributed by atoms with van der Waals surface area (Å²) in [6.45, 7) is -0.0405. The maximum Gasteiger partial charge on any atom is 0.414 e. The summed E-state index contributed by atoms with van der Waals surface area (Å²) in [5.74, 6) is 0. The van der Waals surface area contributed by atoms with Crippen LogP contribution in [-0.2, 0) is 6.42 Å². The molecule has 0 fully saturated rings. The van der Waals surface area contributed by atoms with E-state index in [1.54, 1.807) is 24.3 Å². The number of anilines is 1. The highest BCUT2D eigenvalue weighted by molar-refractivity contribution is 6.35. The molecule has 4 nitrogen and oxygen atoms in total. The standard InChI is InChI=1S/C20H16Cl2F3N3O/c21-11-8-12(22)10-13(9-11)26-19(29)28-7-3-5-15-14-4-1-2-6-16(14)27-17(15)18(28)20(23,24)25/h1-2,4,6,8-10,18,27H,3,5,7H2,(H,26,29). The number of nitrogens with zero attached hydrogens (tertiary/aromatic N) is 1. The molecule has 2 amide bonds. The molecular weight excluding hydrogens is 426 g/mol. The molecule has 1 atom stereocenters. The number of aryl methyl sites for hydroxylation is 1. The molecule has 0 saturated heterocycles. The Kier molecular flexibility index (Phi) is 5.12. The van der Waals surface area contributed by atoms with Gasteiger partial charge in [0.2, 0.25) is 0 Å². The van der Waals surface area contributed by atoms with E-state index in [9.17, 15) is 18.0 Å².